The topological polar surface area (TPSA) is 32.6 Å². The number of aryl methyl sites for hydroxylation is 1. The Labute approximate surface area is 120 Å². The molecule has 0 heterocycles. The summed E-state index contributed by atoms with van der Waals surface area (Å²) >= 11 is 0. The van der Waals surface area contributed by atoms with E-state index in [1.165, 1.54) is 32.1 Å². The molecule has 4 atom stereocenters. The summed E-state index contributed by atoms with van der Waals surface area (Å²) in [5.41, 5.74) is 4.42. The fraction of sp³-hybridized carbons (Fsp3) is 0.611. The Morgan fingerprint density at radius 2 is 2.00 bits per heavy atom. The molecule has 0 aromatic heterocycles. The first-order chi connectivity index (χ1) is 9.74. The van der Waals surface area contributed by atoms with Crippen molar-refractivity contribution in [1.29, 1.82) is 0 Å². The zero-order chi connectivity index (χ0) is 13.7. The molecule has 0 aliphatic heterocycles. The van der Waals surface area contributed by atoms with Crippen molar-refractivity contribution in [2.24, 2.45) is 22.4 Å². The predicted molar refractivity (Wildman–Crippen MR) is 80.3 cm³/mol. The molecule has 106 valence electrons. The molecule has 0 spiro atoms. The van der Waals surface area contributed by atoms with Gasteiger partial charge in [-0.25, -0.2) is 0 Å². The van der Waals surface area contributed by atoms with Gasteiger partial charge in [0.2, 0.25) is 0 Å². The minimum atomic E-state index is 0.169. The van der Waals surface area contributed by atoms with Gasteiger partial charge in [-0.2, -0.15) is 0 Å². The molecule has 1 N–H and O–H groups in total. The lowest BCUT2D eigenvalue weighted by atomic mass is 9.55. The largest absolute Gasteiger partial charge is 0.411 e. The van der Waals surface area contributed by atoms with Crippen LogP contribution >= 0.6 is 0 Å². The molecule has 4 rings (SSSR count). The van der Waals surface area contributed by atoms with Crippen LogP contribution in [0.5, 0.6) is 0 Å². The fourth-order valence-electron chi connectivity index (χ4n) is 5.47. The van der Waals surface area contributed by atoms with E-state index in [2.05, 4.69) is 36.3 Å². The highest BCUT2D eigenvalue weighted by Gasteiger charge is 2.53. The molecule has 3 aliphatic rings. The molecule has 0 bridgehead atoms. The third kappa shape index (κ3) is 1.54. The molecule has 2 fully saturated rings. The van der Waals surface area contributed by atoms with E-state index < -0.39 is 0 Å². The minimum absolute atomic E-state index is 0.169. The Morgan fingerprint density at radius 3 is 2.85 bits per heavy atom. The van der Waals surface area contributed by atoms with Crippen LogP contribution in [0.4, 0.5) is 0 Å². The first-order valence-electron chi connectivity index (χ1n) is 8.03. The Balaban J connectivity index is 1.72. The van der Waals surface area contributed by atoms with E-state index in [4.69, 9.17) is 0 Å². The summed E-state index contributed by atoms with van der Waals surface area (Å²) < 4.78 is 0. The van der Waals surface area contributed by atoms with Crippen molar-refractivity contribution in [3.05, 3.63) is 35.4 Å². The highest BCUT2D eigenvalue weighted by molar-refractivity contribution is 5.92. The van der Waals surface area contributed by atoms with Crippen LogP contribution in [0.3, 0.4) is 0 Å². The van der Waals surface area contributed by atoms with Crippen molar-refractivity contribution in [3.8, 4) is 0 Å². The Morgan fingerprint density at radius 1 is 1.15 bits per heavy atom. The van der Waals surface area contributed by atoms with Crippen molar-refractivity contribution in [2.75, 3.05) is 0 Å². The normalized spacial score (nSPS) is 41.0. The van der Waals surface area contributed by atoms with Gasteiger partial charge in [0.25, 0.3) is 0 Å². The van der Waals surface area contributed by atoms with E-state index in [0.717, 1.165) is 29.9 Å². The highest BCUT2D eigenvalue weighted by Crippen LogP contribution is 2.59. The van der Waals surface area contributed by atoms with E-state index >= 15 is 0 Å². The molecule has 2 nitrogen and oxygen atoms in total. The van der Waals surface area contributed by atoms with Crippen molar-refractivity contribution in [2.45, 2.75) is 51.4 Å². The predicted octanol–water partition coefficient (Wildman–Crippen LogP) is 4.37. The lowest BCUT2D eigenvalue weighted by Crippen LogP contribution is -2.42. The second-order valence-electron chi connectivity index (χ2n) is 7.16. The third-order valence-corrected chi connectivity index (χ3v) is 6.50. The molecule has 20 heavy (non-hydrogen) atoms. The second kappa shape index (κ2) is 4.34. The van der Waals surface area contributed by atoms with Crippen molar-refractivity contribution >= 4 is 5.71 Å². The molecular formula is C18H23NO. The van der Waals surface area contributed by atoms with E-state index in [0.29, 0.717) is 0 Å². The molecule has 0 amide bonds. The number of oxime groups is 1. The number of hydrogen-bond acceptors (Lipinski definition) is 2. The van der Waals surface area contributed by atoms with Crippen LogP contribution in [0.2, 0.25) is 0 Å². The average molecular weight is 269 g/mol. The van der Waals surface area contributed by atoms with Crippen LogP contribution in [0, 0.1) is 17.3 Å². The van der Waals surface area contributed by atoms with Gasteiger partial charge in [0, 0.05) is 5.41 Å². The molecule has 1 aromatic rings. The number of fused-ring (bicyclic) bond motifs is 5. The molecule has 2 heteroatoms. The fourth-order valence-corrected chi connectivity index (χ4v) is 5.47. The summed E-state index contributed by atoms with van der Waals surface area (Å²) in [6.45, 7) is 2.34. The number of benzene rings is 1. The Hall–Kier alpha value is -1.31. The van der Waals surface area contributed by atoms with Crippen LogP contribution in [0.15, 0.2) is 29.4 Å². The van der Waals surface area contributed by atoms with Gasteiger partial charge in [0.1, 0.15) is 0 Å². The van der Waals surface area contributed by atoms with Gasteiger partial charge in [0.15, 0.2) is 0 Å². The van der Waals surface area contributed by atoms with Crippen molar-refractivity contribution in [1.82, 2.24) is 0 Å². The first-order valence-corrected chi connectivity index (χ1v) is 8.03. The summed E-state index contributed by atoms with van der Waals surface area (Å²) in [4.78, 5) is 0. The highest BCUT2D eigenvalue weighted by atomic mass is 16.4. The number of nitrogens with zero attached hydrogens (tertiary/aromatic N) is 1. The lowest BCUT2D eigenvalue weighted by Gasteiger charge is -2.48. The smallest absolute Gasteiger partial charge is 0.0632 e. The average Bonchev–Trinajstić information content (AvgIpc) is 2.83. The summed E-state index contributed by atoms with van der Waals surface area (Å²) in [6.07, 6.45) is 7.22. The maximum atomic E-state index is 9.31. The van der Waals surface area contributed by atoms with Gasteiger partial charge in [-0.3, -0.25) is 0 Å². The molecule has 0 radical (unpaired) electrons. The van der Waals surface area contributed by atoms with E-state index in [1.54, 1.807) is 11.1 Å². The lowest BCUT2D eigenvalue weighted by molar-refractivity contribution is 0.0939. The van der Waals surface area contributed by atoms with E-state index in [9.17, 15) is 5.21 Å². The van der Waals surface area contributed by atoms with E-state index in [-0.39, 0.29) is 5.41 Å². The van der Waals surface area contributed by atoms with Crippen molar-refractivity contribution in [3.63, 3.8) is 0 Å². The van der Waals surface area contributed by atoms with Crippen LogP contribution < -0.4 is 0 Å². The van der Waals surface area contributed by atoms with Gasteiger partial charge < -0.3 is 5.21 Å². The van der Waals surface area contributed by atoms with Crippen LogP contribution in [-0.2, 0) is 6.42 Å². The first kappa shape index (κ1) is 12.4. The molecule has 0 saturated heterocycles. The standard InChI is InChI=1S/C18H23NO/c1-18-11-10-14-13-5-3-2-4-12(13)6-7-15(14)16(18)8-9-17(18)19-20/h2-5,14-16,20H,6-11H2,1H3/t14-,15-,16+,18+/m1/s1. The summed E-state index contributed by atoms with van der Waals surface area (Å²) in [5.74, 6) is 2.26. The van der Waals surface area contributed by atoms with E-state index in [1.807, 2.05) is 0 Å². The zero-order valence-electron chi connectivity index (χ0n) is 12.2. The molecule has 3 aliphatic carbocycles. The van der Waals surface area contributed by atoms with Crippen LogP contribution in [0.25, 0.3) is 0 Å². The minimum Gasteiger partial charge on any atom is -0.411 e. The van der Waals surface area contributed by atoms with Gasteiger partial charge in [-0.15, -0.1) is 0 Å². The molecular weight excluding hydrogens is 246 g/mol. The van der Waals surface area contributed by atoms with Crippen LogP contribution in [-0.4, -0.2) is 10.9 Å². The molecule has 2 saturated carbocycles. The van der Waals surface area contributed by atoms with Gasteiger partial charge in [0.05, 0.1) is 5.71 Å². The SMILES string of the molecule is C[C@]12CC[C@@H]3c4ccccc4CC[C@H]3[C@@H]1CCC2=NO. The summed E-state index contributed by atoms with van der Waals surface area (Å²) in [6, 6.07) is 9.04. The van der Waals surface area contributed by atoms with Gasteiger partial charge in [-0.1, -0.05) is 36.3 Å². The summed E-state index contributed by atoms with van der Waals surface area (Å²) in [7, 11) is 0. The zero-order valence-corrected chi connectivity index (χ0v) is 12.2. The second-order valence-corrected chi connectivity index (χ2v) is 7.16. The van der Waals surface area contributed by atoms with Crippen LogP contribution in [0.1, 0.15) is 56.1 Å². The Kier molecular flexibility index (Phi) is 2.70. The summed E-state index contributed by atoms with van der Waals surface area (Å²) in [5, 5.41) is 13.0. The maximum absolute atomic E-state index is 9.31. The Bertz CT molecular complexity index is 564. The van der Waals surface area contributed by atoms with Gasteiger partial charge in [-0.05, 0) is 67.4 Å². The molecule has 1 aromatic carbocycles. The van der Waals surface area contributed by atoms with Gasteiger partial charge >= 0.3 is 0 Å². The monoisotopic (exact) mass is 269 g/mol. The molecule has 0 unspecified atom stereocenters. The third-order valence-electron chi connectivity index (χ3n) is 6.50. The quantitative estimate of drug-likeness (QED) is 0.550. The maximum Gasteiger partial charge on any atom is 0.0632 e. The number of rotatable bonds is 0. The van der Waals surface area contributed by atoms with Crippen molar-refractivity contribution < 1.29 is 5.21 Å². The number of hydrogen-bond donors (Lipinski definition) is 1.